The largest absolute Gasteiger partial charge is 0.507 e. The predicted molar refractivity (Wildman–Crippen MR) is 176 cm³/mol. The molecule has 8 rings (SSSR count). The van der Waals surface area contributed by atoms with E-state index >= 15 is 4.79 Å². The number of phenolic OH excluding ortho intramolecular Hbond substituents is 1. The molecule has 1 saturated carbocycles. The number of likely N-dealkylation sites (tertiary alicyclic amines) is 1. The van der Waals surface area contributed by atoms with Gasteiger partial charge in [-0.15, -0.1) is 0 Å². The highest BCUT2D eigenvalue weighted by Crippen LogP contribution is 2.65. The number of allylic oxidation sites excluding steroid dienone is 2. The lowest BCUT2D eigenvalue weighted by atomic mass is 9.49. The van der Waals surface area contributed by atoms with Crippen molar-refractivity contribution in [3.05, 3.63) is 119 Å². The summed E-state index contributed by atoms with van der Waals surface area (Å²) in [6, 6.07) is 26.5. The summed E-state index contributed by atoms with van der Waals surface area (Å²) in [7, 11) is 1.11. The molecule has 0 radical (unpaired) electrons. The first-order chi connectivity index (χ1) is 23.2. The molecule has 4 aromatic rings. The highest BCUT2D eigenvalue weighted by Gasteiger charge is 2.70. The van der Waals surface area contributed by atoms with Gasteiger partial charge < -0.3 is 9.84 Å². The number of hydrogen-bond donors (Lipinski definition) is 1. The fourth-order valence-corrected chi connectivity index (χ4v) is 9.10. The summed E-state index contributed by atoms with van der Waals surface area (Å²) in [4.78, 5) is 72.1. The van der Waals surface area contributed by atoms with Crippen molar-refractivity contribution in [3.63, 3.8) is 0 Å². The van der Waals surface area contributed by atoms with Crippen molar-refractivity contribution in [1.82, 2.24) is 4.90 Å². The van der Waals surface area contributed by atoms with E-state index in [0.29, 0.717) is 37.5 Å². The Labute approximate surface area is 280 Å². The molecule has 10 heteroatoms. The zero-order valence-electron chi connectivity index (χ0n) is 25.7. The maximum atomic E-state index is 15.4. The van der Waals surface area contributed by atoms with Crippen LogP contribution in [0.2, 0.25) is 5.02 Å². The van der Waals surface area contributed by atoms with Crippen molar-refractivity contribution in [1.29, 1.82) is 0 Å². The molecule has 5 amide bonds. The van der Waals surface area contributed by atoms with Gasteiger partial charge in [0.05, 0.1) is 36.0 Å². The van der Waals surface area contributed by atoms with Crippen LogP contribution in [0.1, 0.15) is 29.9 Å². The number of carbonyl (C=O) groups is 5. The molecule has 48 heavy (non-hydrogen) atoms. The van der Waals surface area contributed by atoms with Crippen LogP contribution < -0.4 is 4.90 Å². The number of nitrogens with zero attached hydrogens (tertiary/aromatic N) is 2. The van der Waals surface area contributed by atoms with Gasteiger partial charge in [0.25, 0.3) is 0 Å². The highest BCUT2D eigenvalue weighted by molar-refractivity contribution is 6.32. The third-order valence-corrected chi connectivity index (χ3v) is 11.0. The van der Waals surface area contributed by atoms with Crippen molar-refractivity contribution in [2.75, 3.05) is 12.0 Å². The van der Waals surface area contributed by atoms with Crippen LogP contribution in [0.5, 0.6) is 5.75 Å². The number of imide groups is 4. The molecule has 0 aromatic heterocycles. The SMILES string of the molecule is COC(=O)N1C(=O)C2CC=C3C(CC4C(=O)N(c5cccc(Cl)c5)C(=O)C4(c4ccccc4)C3c3ccc(O)c4ccccc34)C2C1=O. The Morgan fingerprint density at radius 3 is 2.31 bits per heavy atom. The van der Waals surface area contributed by atoms with Crippen LogP contribution >= 0.6 is 11.6 Å². The summed E-state index contributed by atoms with van der Waals surface area (Å²) in [5, 5.41) is 12.5. The molecule has 1 N–H and O–H groups in total. The van der Waals surface area contributed by atoms with Gasteiger partial charge in [0.2, 0.25) is 23.6 Å². The molecule has 240 valence electrons. The van der Waals surface area contributed by atoms with Crippen molar-refractivity contribution in [3.8, 4) is 5.75 Å². The van der Waals surface area contributed by atoms with E-state index in [1.165, 1.54) is 4.90 Å². The number of benzene rings is 4. The lowest BCUT2D eigenvalue weighted by molar-refractivity contribution is -0.138. The molecule has 6 unspecified atom stereocenters. The molecule has 6 atom stereocenters. The number of fused-ring (bicyclic) bond motifs is 5. The predicted octanol–water partition coefficient (Wildman–Crippen LogP) is 6.13. The van der Waals surface area contributed by atoms with Gasteiger partial charge in [0.15, 0.2) is 0 Å². The average molecular weight is 661 g/mol. The van der Waals surface area contributed by atoms with Crippen LogP contribution in [-0.2, 0) is 29.3 Å². The smallest absolute Gasteiger partial charge is 0.423 e. The summed E-state index contributed by atoms with van der Waals surface area (Å²) < 4.78 is 4.80. The van der Waals surface area contributed by atoms with Crippen LogP contribution in [0.4, 0.5) is 10.5 Å². The minimum atomic E-state index is -1.47. The average Bonchev–Trinajstić information content (AvgIpc) is 3.49. The second-order valence-electron chi connectivity index (χ2n) is 12.8. The fraction of sp³-hybridized carbons (Fsp3) is 0.237. The minimum absolute atomic E-state index is 0.0596. The number of phenols is 1. The van der Waals surface area contributed by atoms with Gasteiger partial charge in [0, 0.05) is 16.3 Å². The van der Waals surface area contributed by atoms with Gasteiger partial charge in [-0.05, 0) is 59.5 Å². The number of halogens is 1. The van der Waals surface area contributed by atoms with E-state index in [1.807, 2.05) is 54.6 Å². The highest BCUT2D eigenvalue weighted by atomic mass is 35.5. The number of carbonyl (C=O) groups excluding carboxylic acids is 5. The first kappa shape index (κ1) is 30.1. The first-order valence-corrected chi connectivity index (χ1v) is 16.1. The third-order valence-electron chi connectivity index (χ3n) is 10.8. The van der Waals surface area contributed by atoms with Crippen LogP contribution in [0.25, 0.3) is 10.8 Å². The number of methoxy groups -OCH3 is 1. The van der Waals surface area contributed by atoms with Crippen molar-refractivity contribution < 1.29 is 33.8 Å². The Kier molecular flexibility index (Phi) is 6.82. The molecule has 0 spiro atoms. The van der Waals surface area contributed by atoms with E-state index in [2.05, 4.69) is 0 Å². The van der Waals surface area contributed by atoms with Gasteiger partial charge in [0.1, 0.15) is 5.75 Å². The quantitative estimate of drug-likeness (QED) is 0.207. The summed E-state index contributed by atoms with van der Waals surface area (Å²) >= 11 is 6.38. The van der Waals surface area contributed by atoms with Crippen molar-refractivity contribution in [2.24, 2.45) is 23.7 Å². The molecule has 4 aromatic carbocycles. The number of rotatable bonds is 3. The number of anilines is 1. The molecule has 2 heterocycles. The van der Waals surface area contributed by atoms with Gasteiger partial charge >= 0.3 is 6.09 Å². The van der Waals surface area contributed by atoms with E-state index in [4.69, 9.17) is 16.3 Å². The molecule has 0 bridgehead atoms. The molecular weight excluding hydrogens is 632 g/mol. The number of amides is 5. The first-order valence-electron chi connectivity index (χ1n) is 15.8. The van der Waals surface area contributed by atoms with Crippen molar-refractivity contribution >= 4 is 57.8 Å². The van der Waals surface area contributed by atoms with E-state index in [-0.39, 0.29) is 18.6 Å². The maximum Gasteiger partial charge on any atom is 0.423 e. The molecule has 2 aliphatic heterocycles. The lowest BCUT2D eigenvalue weighted by Gasteiger charge is -2.51. The second kappa shape index (κ2) is 10.9. The van der Waals surface area contributed by atoms with Gasteiger partial charge in [-0.1, -0.05) is 90.0 Å². The normalized spacial score (nSPS) is 27.9. The molecule has 2 aliphatic carbocycles. The van der Waals surface area contributed by atoms with Gasteiger partial charge in [-0.2, -0.15) is 4.90 Å². The Balaban J connectivity index is 1.43. The van der Waals surface area contributed by atoms with Gasteiger partial charge in [-0.25, -0.2) is 9.69 Å². The maximum absolute atomic E-state index is 15.4. The lowest BCUT2D eigenvalue weighted by Crippen LogP contribution is -2.53. The zero-order valence-corrected chi connectivity index (χ0v) is 26.5. The molecule has 3 fully saturated rings. The molecule has 4 aliphatic rings. The Morgan fingerprint density at radius 1 is 0.854 bits per heavy atom. The van der Waals surface area contributed by atoms with Crippen LogP contribution in [0.15, 0.2) is 103 Å². The van der Waals surface area contributed by atoms with Gasteiger partial charge in [-0.3, -0.25) is 19.2 Å². The van der Waals surface area contributed by atoms with E-state index < -0.39 is 64.7 Å². The third kappa shape index (κ3) is 3.94. The number of ether oxygens (including phenoxy) is 1. The Morgan fingerprint density at radius 2 is 1.58 bits per heavy atom. The Bertz CT molecular complexity index is 2110. The minimum Gasteiger partial charge on any atom is -0.507 e. The molecule has 9 nitrogen and oxygen atoms in total. The number of aromatic hydroxyl groups is 1. The summed E-state index contributed by atoms with van der Waals surface area (Å²) in [5.74, 6) is -6.25. The van der Waals surface area contributed by atoms with E-state index in [9.17, 15) is 24.3 Å². The van der Waals surface area contributed by atoms with E-state index in [0.717, 1.165) is 12.7 Å². The summed E-state index contributed by atoms with van der Waals surface area (Å²) in [6.07, 6.45) is 1.13. The molecular formula is C38H29ClN2O7. The monoisotopic (exact) mass is 660 g/mol. The van der Waals surface area contributed by atoms with Crippen LogP contribution in [0, 0.1) is 23.7 Å². The summed E-state index contributed by atoms with van der Waals surface area (Å²) in [6.45, 7) is 0. The van der Waals surface area contributed by atoms with Crippen LogP contribution in [-0.4, -0.2) is 46.8 Å². The zero-order chi connectivity index (χ0) is 33.5. The number of hydrogen-bond acceptors (Lipinski definition) is 7. The fourth-order valence-electron chi connectivity index (χ4n) is 8.92. The van der Waals surface area contributed by atoms with Crippen molar-refractivity contribution in [2.45, 2.75) is 24.2 Å². The van der Waals surface area contributed by atoms with Crippen LogP contribution in [0.3, 0.4) is 0 Å². The summed E-state index contributed by atoms with van der Waals surface area (Å²) in [5.41, 5.74) is 0.932. The molecule has 2 saturated heterocycles. The Hall–Kier alpha value is -5.28. The van der Waals surface area contributed by atoms with E-state index in [1.54, 1.807) is 42.5 Å². The second-order valence-corrected chi connectivity index (χ2v) is 13.2. The standard InChI is InChI=1S/C38H29ClN2O7/c1-48-37(47)41-33(43)27-15-14-26-28(31(27)35(41)45)19-29-34(44)40(22-11-7-10-21(39)18-22)36(46)38(29,20-8-3-2-4-9-20)32(26)25-16-17-30(42)24-13-6-5-12-23(24)25/h2-14,16-18,27-29,31-32,42H,15,19H2,1H3. The topological polar surface area (TPSA) is 121 Å².